The van der Waals surface area contributed by atoms with Crippen molar-refractivity contribution in [2.75, 3.05) is 13.7 Å². The largest absolute Gasteiger partial charge is 0.467 e. The minimum absolute atomic E-state index is 0.418. The Bertz CT molecular complexity index is 102. The first kappa shape index (κ1) is 9.39. The molecule has 1 atom stereocenters. The first-order valence-corrected chi connectivity index (χ1v) is 3.08. The van der Waals surface area contributed by atoms with Gasteiger partial charge in [0.05, 0.1) is 13.7 Å². The van der Waals surface area contributed by atoms with Crippen molar-refractivity contribution in [2.45, 2.75) is 20.0 Å². The van der Waals surface area contributed by atoms with Gasteiger partial charge in [-0.1, -0.05) is 0 Å². The quantitative estimate of drug-likeness (QED) is 0.331. The molecule has 0 N–H and O–H groups in total. The van der Waals surface area contributed by atoms with Crippen LogP contribution in [0.25, 0.3) is 0 Å². The van der Waals surface area contributed by atoms with Crippen LogP contribution in [0.2, 0.25) is 0 Å². The zero-order chi connectivity index (χ0) is 7.98. The molecular weight excluding hydrogens is 136 g/mol. The second-order valence-corrected chi connectivity index (χ2v) is 1.67. The van der Waals surface area contributed by atoms with Gasteiger partial charge in [-0.3, -0.25) is 0 Å². The third-order valence-corrected chi connectivity index (χ3v) is 0.863. The van der Waals surface area contributed by atoms with Gasteiger partial charge in [0.1, 0.15) is 0 Å². The van der Waals surface area contributed by atoms with Gasteiger partial charge < -0.3 is 4.74 Å². The molecule has 0 saturated carbocycles. The highest BCUT2D eigenvalue weighted by Crippen LogP contribution is 1.93. The Balaban J connectivity index is 3.41. The number of carbonyl (C=O) groups is 1. The fourth-order valence-electron chi connectivity index (χ4n) is 0.375. The normalized spacial score (nSPS) is 12.7. The lowest BCUT2D eigenvalue weighted by molar-refractivity contribution is -0.313. The van der Waals surface area contributed by atoms with Crippen LogP contribution in [0, 0.1) is 0 Å². The zero-order valence-electron chi connectivity index (χ0n) is 6.42. The molecule has 0 saturated heterocycles. The van der Waals surface area contributed by atoms with Crippen molar-refractivity contribution in [2.24, 2.45) is 0 Å². The molecular formula is C6H12O4. The summed E-state index contributed by atoms with van der Waals surface area (Å²) < 4.78 is 4.37. The molecule has 0 spiro atoms. The molecule has 0 bridgehead atoms. The lowest BCUT2D eigenvalue weighted by Gasteiger charge is -2.07. The summed E-state index contributed by atoms with van der Waals surface area (Å²) in [4.78, 5) is 19.7. The summed E-state index contributed by atoms with van der Waals surface area (Å²) in [6.45, 7) is 3.74. The van der Waals surface area contributed by atoms with E-state index in [4.69, 9.17) is 0 Å². The topological polar surface area (TPSA) is 44.8 Å². The molecule has 0 aromatic rings. The smallest absolute Gasteiger partial charge is 0.338 e. The van der Waals surface area contributed by atoms with Crippen LogP contribution < -0.4 is 0 Å². The van der Waals surface area contributed by atoms with Gasteiger partial charge in [0.25, 0.3) is 0 Å². The molecule has 0 heterocycles. The van der Waals surface area contributed by atoms with E-state index in [1.165, 1.54) is 7.11 Å². The number of hydrogen-bond donors (Lipinski definition) is 0. The number of methoxy groups -OCH3 is 1. The summed E-state index contributed by atoms with van der Waals surface area (Å²) in [7, 11) is 1.30. The van der Waals surface area contributed by atoms with Crippen molar-refractivity contribution >= 4 is 5.97 Å². The van der Waals surface area contributed by atoms with Crippen molar-refractivity contribution in [3.63, 3.8) is 0 Å². The molecule has 0 rings (SSSR count). The highest BCUT2D eigenvalue weighted by molar-refractivity contribution is 5.73. The maximum absolute atomic E-state index is 10.6. The Morgan fingerprint density at radius 1 is 1.60 bits per heavy atom. The van der Waals surface area contributed by atoms with Crippen molar-refractivity contribution in [1.29, 1.82) is 0 Å². The van der Waals surface area contributed by atoms with Crippen LogP contribution in [0.5, 0.6) is 0 Å². The SMILES string of the molecule is CCOOC(C)C(=O)OC. The first-order valence-electron chi connectivity index (χ1n) is 3.08. The van der Waals surface area contributed by atoms with E-state index in [1.807, 2.05) is 0 Å². The van der Waals surface area contributed by atoms with E-state index in [2.05, 4.69) is 14.5 Å². The highest BCUT2D eigenvalue weighted by Gasteiger charge is 2.13. The fraction of sp³-hybridized carbons (Fsp3) is 0.833. The summed E-state index contributed by atoms with van der Waals surface area (Å²) in [5.41, 5.74) is 0. The van der Waals surface area contributed by atoms with Gasteiger partial charge >= 0.3 is 5.97 Å². The molecule has 1 unspecified atom stereocenters. The van der Waals surface area contributed by atoms with E-state index in [1.54, 1.807) is 13.8 Å². The minimum atomic E-state index is -0.648. The summed E-state index contributed by atoms with van der Waals surface area (Å²) in [5, 5.41) is 0. The standard InChI is InChI=1S/C6H12O4/c1-4-9-10-5(2)6(7)8-3/h5H,4H2,1-3H3. The average Bonchev–Trinajstić information content (AvgIpc) is 1.98. The lowest BCUT2D eigenvalue weighted by Crippen LogP contribution is -2.22. The predicted molar refractivity (Wildman–Crippen MR) is 34.2 cm³/mol. The summed E-state index contributed by atoms with van der Waals surface area (Å²) in [5.74, 6) is -0.437. The minimum Gasteiger partial charge on any atom is -0.467 e. The Morgan fingerprint density at radius 2 is 2.20 bits per heavy atom. The molecule has 0 aliphatic rings. The fourth-order valence-corrected chi connectivity index (χ4v) is 0.375. The van der Waals surface area contributed by atoms with Crippen LogP contribution in [0.3, 0.4) is 0 Å². The summed E-state index contributed by atoms with van der Waals surface area (Å²) >= 11 is 0. The van der Waals surface area contributed by atoms with Crippen LogP contribution in [0.4, 0.5) is 0 Å². The van der Waals surface area contributed by atoms with E-state index >= 15 is 0 Å². The predicted octanol–water partition coefficient (Wildman–Crippen LogP) is 0.516. The Hall–Kier alpha value is -0.610. The van der Waals surface area contributed by atoms with Gasteiger partial charge in [-0.2, -0.15) is 0 Å². The molecule has 0 aliphatic heterocycles. The lowest BCUT2D eigenvalue weighted by atomic mass is 10.4. The van der Waals surface area contributed by atoms with Gasteiger partial charge in [0.2, 0.25) is 0 Å². The Morgan fingerprint density at radius 3 is 2.60 bits per heavy atom. The molecule has 0 radical (unpaired) electrons. The Kier molecular flexibility index (Phi) is 4.88. The van der Waals surface area contributed by atoms with E-state index in [0.29, 0.717) is 6.61 Å². The van der Waals surface area contributed by atoms with E-state index in [0.717, 1.165) is 0 Å². The van der Waals surface area contributed by atoms with Crippen LogP contribution in [0.15, 0.2) is 0 Å². The van der Waals surface area contributed by atoms with Gasteiger partial charge in [-0.25, -0.2) is 14.6 Å². The monoisotopic (exact) mass is 148 g/mol. The molecule has 0 amide bonds. The van der Waals surface area contributed by atoms with Crippen LogP contribution in [0.1, 0.15) is 13.8 Å². The van der Waals surface area contributed by atoms with Crippen molar-refractivity contribution in [3.8, 4) is 0 Å². The van der Waals surface area contributed by atoms with Crippen molar-refractivity contribution in [3.05, 3.63) is 0 Å². The van der Waals surface area contributed by atoms with Crippen molar-refractivity contribution < 1.29 is 19.3 Å². The molecule has 0 aromatic carbocycles. The second kappa shape index (κ2) is 5.20. The number of ether oxygens (including phenoxy) is 1. The summed E-state index contributed by atoms with van der Waals surface area (Å²) in [6.07, 6.45) is -0.648. The van der Waals surface area contributed by atoms with Gasteiger partial charge in [0.15, 0.2) is 6.10 Å². The maximum Gasteiger partial charge on any atom is 0.338 e. The van der Waals surface area contributed by atoms with Gasteiger partial charge in [-0.15, -0.1) is 0 Å². The van der Waals surface area contributed by atoms with Crippen LogP contribution >= 0.6 is 0 Å². The van der Waals surface area contributed by atoms with E-state index in [-0.39, 0.29) is 0 Å². The second-order valence-electron chi connectivity index (χ2n) is 1.67. The van der Waals surface area contributed by atoms with Gasteiger partial charge in [0, 0.05) is 0 Å². The highest BCUT2D eigenvalue weighted by atomic mass is 17.2. The van der Waals surface area contributed by atoms with Gasteiger partial charge in [-0.05, 0) is 13.8 Å². The molecule has 10 heavy (non-hydrogen) atoms. The number of esters is 1. The molecule has 0 aliphatic carbocycles. The average molecular weight is 148 g/mol. The van der Waals surface area contributed by atoms with E-state index in [9.17, 15) is 4.79 Å². The molecule has 4 heteroatoms. The third kappa shape index (κ3) is 3.42. The molecule has 4 nitrogen and oxygen atoms in total. The number of hydrogen-bond acceptors (Lipinski definition) is 4. The first-order chi connectivity index (χ1) is 4.72. The number of carbonyl (C=O) groups excluding carboxylic acids is 1. The Labute approximate surface area is 60.0 Å². The molecule has 60 valence electrons. The van der Waals surface area contributed by atoms with Crippen molar-refractivity contribution in [1.82, 2.24) is 0 Å². The zero-order valence-corrected chi connectivity index (χ0v) is 6.42. The molecule has 0 aromatic heterocycles. The van der Waals surface area contributed by atoms with Crippen LogP contribution in [-0.2, 0) is 19.3 Å². The summed E-state index contributed by atoms with van der Waals surface area (Å²) in [6, 6.07) is 0. The number of rotatable bonds is 4. The van der Waals surface area contributed by atoms with Crippen LogP contribution in [-0.4, -0.2) is 25.8 Å². The molecule has 0 fully saturated rings. The third-order valence-electron chi connectivity index (χ3n) is 0.863. The maximum atomic E-state index is 10.6. The van der Waals surface area contributed by atoms with E-state index < -0.39 is 12.1 Å².